The van der Waals surface area contributed by atoms with Crippen molar-refractivity contribution >= 4 is 56.1 Å². The molecule has 0 aliphatic heterocycles. The lowest BCUT2D eigenvalue weighted by Gasteiger charge is -2.31. The number of rotatable bonds is 11. The number of benzene rings is 11. The maximum absolute atomic E-state index is 7.13. The molecule has 11 aromatic carbocycles. The van der Waals surface area contributed by atoms with Crippen LogP contribution in [-0.2, 0) is 0 Å². The molecule has 0 fully saturated rings. The topological polar surface area (TPSA) is 19.6 Å². The zero-order valence-corrected chi connectivity index (χ0v) is 37.9. The second-order valence-electron chi connectivity index (χ2n) is 17.2. The molecule has 0 N–H and O–H groups in total. The molecule has 0 saturated heterocycles. The molecule has 0 radical (unpaired) electrons. The fourth-order valence-corrected chi connectivity index (χ4v) is 9.86. The van der Waals surface area contributed by atoms with Crippen molar-refractivity contribution in [2.45, 2.75) is 0 Å². The maximum Gasteiger partial charge on any atom is 0.159 e. The van der Waals surface area contributed by atoms with Gasteiger partial charge in [-0.05, 0) is 81.9 Å². The van der Waals surface area contributed by atoms with Crippen LogP contribution in [0.25, 0.3) is 77.6 Å². The Bertz CT molecular complexity index is 3630. The average Bonchev–Trinajstić information content (AvgIpc) is 3.83. The first-order valence-electron chi connectivity index (χ1n) is 23.5. The molecule has 0 aliphatic rings. The Morgan fingerprint density at radius 1 is 0.217 bits per heavy atom. The van der Waals surface area contributed by atoms with Crippen molar-refractivity contribution in [2.75, 3.05) is 9.80 Å². The molecule has 0 bridgehead atoms. The molecule has 0 amide bonds. The van der Waals surface area contributed by atoms with Gasteiger partial charge in [0.05, 0.1) is 22.7 Å². The quantitative estimate of drug-likeness (QED) is 0.129. The minimum Gasteiger partial charge on any atom is -0.453 e. The van der Waals surface area contributed by atoms with Crippen LogP contribution in [0, 0.1) is 0 Å². The highest BCUT2D eigenvalue weighted by Gasteiger charge is 2.25. The Kier molecular flexibility index (Phi) is 10.9. The normalized spacial score (nSPS) is 11.2. The lowest BCUT2D eigenvalue weighted by Crippen LogP contribution is -2.13. The van der Waals surface area contributed by atoms with Crippen molar-refractivity contribution in [3.63, 3.8) is 0 Å². The van der Waals surface area contributed by atoms with Gasteiger partial charge in [0.1, 0.15) is 5.58 Å². The third-order valence-electron chi connectivity index (χ3n) is 13.1. The van der Waals surface area contributed by atoms with Crippen LogP contribution in [0.3, 0.4) is 0 Å². The van der Waals surface area contributed by atoms with Gasteiger partial charge in [0.25, 0.3) is 0 Å². The van der Waals surface area contributed by atoms with Crippen LogP contribution in [0.1, 0.15) is 0 Å². The zero-order valence-electron chi connectivity index (χ0n) is 37.9. The summed E-state index contributed by atoms with van der Waals surface area (Å²) in [6.07, 6.45) is 0. The van der Waals surface area contributed by atoms with E-state index < -0.39 is 0 Å². The SMILES string of the molecule is c1ccc(-c2ccc(N(c3ccccc3-c3cccc(N(c4ccccc4-c4ccccc4)c4ccccc4-c4ccccc4)c3)c3cccc4c3oc3c(-c5ccccc5)cccc34)cc2)cc1. The number of anilines is 6. The molecule has 1 heterocycles. The summed E-state index contributed by atoms with van der Waals surface area (Å²) < 4.78 is 7.13. The van der Waals surface area contributed by atoms with E-state index >= 15 is 0 Å². The van der Waals surface area contributed by atoms with Gasteiger partial charge in [0.2, 0.25) is 0 Å². The van der Waals surface area contributed by atoms with Gasteiger partial charge in [-0.1, -0.05) is 231 Å². The van der Waals surface area contributed by atoms with E-state index in [4.69, 9.17) is 4.42 Å². The van der Waals surface area contributed by atoms with Gasteiger partial charge in [0, 0.05) is 44.4 Å². The number of hydrogen-bond acceptors (Lipinski definition) is 3. The van der Waals surface area contributed by atoms with E-state index in [0.29, 0.717) is 0 Å². The minimum atomic E-state index is 0.827. The Morgan fingerprint density at radius 2 is 0.580 bits per heavy atom. The van der Waals surface area contributed by atoms with Gasteiger partial charge in [0.15, 0.2) is 5.58 Å². The molecule has 0 atom stereocenters. The molecule has 0 spiro atoms. The molecule has 69 heavy (non-hydrogen) atoms. The maximum atomic E-state index is 7.13. The molecule has 3 nitrogen and oxygen atoms in total. The second-order valence-corrected chi connectivity index (χ2v) is 17.2. The molecule has 12 rings (SSSR count). The van der Waals surface area contributed by atoms with Gasteiger partial charge in [-0.3, -0.25) is 0 Å². The molecule has 0 saturated carbocycles. The van der Waals surface area contributed by atoms with Crippen LogP contribution in [0.4, 0.5) is 34.1 Å². The Labute approximate surface area is 403 Å². The van der Waals surface area contributed by atoms with Crippen LogP contribution in [0.5, 0.6) is 0 Å². The van der Waals surface area contributed by atoms with E-state index in [9.17, 15) is 0 Å². The van der Waals surface area contributed by atoms with E-state index in [2.05, 4.69) is 289 Å². The number of nitrogens with zero attached hydrogens (tertiary/aromatic N) is 2. The van der Waals surface area contributed by atoms with Crippen LogP contribution >= 0.6 is 0 Å². The van der Waals surface area contributed by atoms with Crippen LogP contribution in [-0.4, -0.2) is 0 Å². The highest BCUT2D eigenvalue weighted by atomic mass is 16.3. The molecule has 0 aliphatic carbocycles. The van der Waals surface area contributed by atoms with Crippen LogP contribution < -0.4 is 9.80 Å². The first-order valence-corrected chi connectivity index (χ1v) is 23.5. The van der Waals surface area contributed by atoms with Gasteiger partial charge < -0.3 is 14.2 Å². The van der Waals surface area contributed by atoms with Crippen molar-refractivity contribution in [1.29, 1.82) is 0 Å². The third-order valence-corrected chi connectivity index (χ3v) is 13.1. The first-order chi connectivity index (χ1) is 34.3. The number of para-hydroxylation sites is 5. The predicted molar refractivity (Wildman–Crippen MR) is 290 cm³/mol. The molecule has 3 heteroatoms. The molecule has 12 aromatic rings. The standard InChI is InChI=1S/C66H46N2O/c1-5-22-47(23-6-1)48-42-44-53(45-43-48)67(64-41-21-37-60-59-36-20-35-58(65(59)69-66(60)64)51-28-11-4-12-29-51)63-40-18-15-34-57(63)52-30-19-31-54(46-52)68(61-38-16-13-32-55(61)49-24-7-2-8-25-49)62-39-17-14-33-56(62)50-26-9-3-10-27-50/h1-46H. The van der Waals surface area contributed by atoms with Crippen molar-refractivity contribution in [1.82, 2.24) is 0 Å². The van der Waals surface area contributed by atoms with E-state index in [1.54, 1.807) is 0 Å². The highest BCUT2D eigenvalue weighted by Crippen LogP contribution is 2.49. The molecular weight excluding hydrogens is 837 g/mol. The van der Waals surface area contributed by atoms with Crippen LogP contribution in [0.2, 0.25) is 0 Å². The summed E-state index contributed by atoms with van der Waals surface area (Å²) in [4.78, 5) is 4.80. The molecule has 1 aromatic heterocycles. The summed E-state index contributed by atoms with van der Waals surface area (Å²) in [5.41, 5.74) is 19.2. The van der Waals surface area contributed by atoms with Crippen molar-refractivity contribution in [2.24, 2.45) is 0 Å². The van der Waals surface area contributed by atoms with Crippen molar-refractivity contribution in [3.05, 3.63) is 279 Å². The smallest absolute Gasteiger partial charge is 0.159 e. The average molecular weight is 883 g/mol. The highest BCUT2D eigenvalue weighted by molar-refractivity contribution is 6.14. The van der Waals surface area contributed by atoms with Gasteiger partial charge in [-0.2, -0.15) is 0 Å². The predicted octanol–water partition coefficient (Wildman–Crippen LogP) is 18.9. The second kappa shape index (κ2) is 18.2. The Hall–Kier alpha value is -9.18. The first kappa shape index (κ1) is 41.3. The summed E-state index contributed by atoms with van der Waals surface area (Å²) >= 11 is 0. The monoisotopic (exact) mass is 882 g/mol. The summed E-state index contributed by atoms with van der Waals surface area (Å²) in [6, 6.07) is 99.6. The van der Waals surface area contributed by atoms with Gasteiger partial charge in [-0.25, -0.2) is 0 Å². The Morgan fingerprint density at radius 3 is 1.13 bits per heavy atom. The van der Waals surface area contributed by atoms with Crippen LogP contribution in [0.15, 0.2) is 283 Å². The van der Waals surface area contributed by atoms with Crippen molar-refractivity contribution in [3.8, 4) is 55.6 Å². The number of furan rings is 1. The minimum absolute atomic E-state index is 0.827. The fourth-order valence-electron chi connectivity index (χ4n) is 9.86. The van der Waals surface area contributed by atoms with Crippen molar-refractivity contribution < 1.29 is 4.42 Å². The lowest BCUT2D eigenvalue weighted by atomic mass is 9.97. The summed E-state index contributed by atoms with van der Waals surface area (Å²) in [6.45, 7) is 0. The molecular formula is C66H46N2O. The van der Waals surface area contributed by atoms with Gasteiger partial charge in [-0.15, -0.1) is 0 Å². The lowest BCUT2D eigenvalue weighted by molar-refractivity contribution is 0.670. The summed E-state index contributed by atoms with van der Waals surface area (Å²) in [5, 5.41) is 2.15. The largest absolute Gasteiger partial charge is 0.453 e. The summed E-state index contributed by atoms with van der Waals surface area (Å²) in [7, 11) is 0. The van der Waals surface area contributed by atoms with E-state index in [0.717, 1.165) is 106 Å². The number of fused-ring (bicyclic) bond motifs is 3. The van der Waals surface area contributed by atoms with E-state index in [1.807, 2.05) is 0 Å². The van der Waals surface area contributed by atoms with E-state index in [1.165, 1.54) is 5.56 Å². The zero-order chi connectivity index (χ0) is 45.9. The van der Waals surface area contributed by atoms with Gasteiger partial charge >= 0.3 is 0 Å². The molecule has 326 valence electrons. The van der Waals surface area contributed by atoms with E-state index in [-0.39, 0.29) is 0 Å². The fraction of sp³-hybridized carbons (Fsp3) is 0. The molecule has 0 unspecified atom stereocenters. The third kappa shape index (κ3) is 7.82. The Balaban J connectivity index is 1.06. The number of hydrogen-bond donors (Lipinski definition) is 0. The summed E-state index contributed by atoms with van der Waals surface area (Å²) in [5.74, 6) is 0.